The molecule has 0 unspecified atom stereocenters. The van der Waals surface area contributed by atoms with Crippen molar-refractivity contribution in [1.82, 2.24) is 4.57 Å². The van der Waals surface area contributed by atoms with Crippen LogP contribution in [0.1, 0.15) is 57.4 Å². The Morgan fingerprint density at radius 1 is 1.12 bits per heavy atom. The number of nitrogens with zero attached hydrogens (tertiary/aromatic N) is 2. The molecule has 2 heterocycles. The first-order valence-electron chi connectivity index (χ1n) is 11.1. The normalized spacial score (nSPS) is 16.4. The number of esters is 1. The van der Waals surface area contributed by atoms with E-state index in [2.05, 4.69) is 37.9 Å². The predicted octanol–water partition coefficient (Wildman–Crippen LogP) is 4.10. The Bertz CT molecular complexity index is 1390. The van der Waals surface area contributed by atoms with Crippen LogP contribution in [0.4, 0.5) is 0 Å². The second kappa shape index (κ2) is 8.94. The molecule has 0 radical (unpaired) electrons. The Morgan fingerprint density at radius 2 is 1.79 bits per heavy atom. The van der Waals surface area contributed by atoms with Gasteiger partial charge in [0.2, 0.25) is 0 Å². The van der Waals surface area contributed by atoms with Crippen LogP contribution in [-0.2, 0) is 14.9 Å². The minimum atomic E-state index is -0.577. The van der Waals surface area contributed by atoms with Gasteiger partial charge in [-0.1, -0.05) is 86.7 Å². The van der Waals surface area contributed by atoms with Crippen LogP contribution in [0.2, 0.25) is 0 Å². The monoisotopic (exact) mass is 460 g/mol. The molecule has 0 saturated heterocycles. The molecule has 0 N–H and O–H groups in total. The summed E-state index contributed by atoms with van der Waals surface area (Å²) in [7, 11) is 0. The Balaban J connectivity index is 1.88. The summed E-state index contributed by atoms with van der Waals surface area (Å²) in [5.74, 6) is -0.445. The molecule has 2 aromatic carbocycles. The number of ether oxygens (including phenoxy) is 1. The van der Waals surface area contributed by atoms with E-state index >= 15 is 0 Å². The van der Waals surface area contributed by atoms with Gasteiger partial charge in [0.1, 0.15) is 0 Å². The van der Waals surface area contributed by atoms with E-state index in [4.69, 9.17) is 4.74 Å². The highest BCUT2D eigenvalue weighted by atomic mass is 32.1. The van der Waals surface area contributed by atoms with E-state index in [-0.39, 0.29) is 17.6 Å². The van der Waals surface area contributed by atoms with Crippen molar-refractivity contribution in [3.8, 4) is 0 Å². The average molecular weight is 461 g/mol. The predicted molar refractivity (Wildman–Crippen MR) is 132 cm³/mol. The Kier molecular flexibility index (Phi) is 6.21. The van der Waals surface area contributed by atoms with Crippen LogP contribution in [0.25, 0.3) is 6.08 Å². The summed E-state index contributed by atoms with van der Waals surface area (Å²) in [5.41, 5.74) is 3.90. The molecule has 0 spiro atoms. The van der Waals surface area contributed by atoms with Crippen molar-refractivity contribution in [3.05, 3.63) is 102 Å². The van der Waals surface area contributed by atoms with Gasteiger partial charge in [-0.25, -0.2) is 9.79 Å². The molecule has 5 nitrogen and oxygen atoms in total. The van der Waals surface area contributed by atoms with Crippen LogP contribution in [0.15, 0.2) is 75.7 Å². The second-order valence-electron chi connectivity index (χ2n) is 9.08. The van der Waals surface area contributed by atoms with E-state index in [0.717, 1.165) is 11.1 Å². The average Bonchev–Trinajstić information content (AvgIpc) is 3.07. The summed E-state index contributed by atoms with van der Waals surface area (Å²) in [6.07, 6.45) is 1.89. The maximum absolute atomic E-state index is 13.6. The second-order valence-corrected chi connectivity index (χ2v) is 10.1. The largest absolute Gasteiger partial charge is 0.463 e. The molecule has 4 rings (SSSR count). The highest BCUT2D eigenvalue weighted by Gasteiger charge is 2.33. The van der Waals surface area contributed by atoms with Crippen LogP contribution in [-0.4, -0.2) is 17.1 Å². The minimum Gasteiger partial charge on any atom is -0.463 e. The van der Waals surface area contributed by atoms with E-state index in [0.29, 0.717) is 20.6 Å². The van der Waals surface area contributed by atoms with Crippen LogP contribution >= 0.6 is 11.3 Å². The van der Waals surface area contributed by atoms with Crippen molar-refractivity contribution in [2.75, 3.05) is 6.61 Å². The molecule has 0 aliphatic carbocycles. The van der Waals surface area contributed by atoms with Gasteiger partial charge in [0.15, 0.2) is 4.80 Å². The number of rotatable bonds is 4. The Hall–Kier alpha value is -3.25. The van der Waals surface area contributed by atoms with Gasteiger partial charge in [-0.3, -0.25) is 9.36 Å². The lowest BCUT2D eigenvalue weighted by Crippen LogP contribution is -2.39. The highest BCUT2D eigenvalue weighted by Crippen LogP contribution is 2.30. The number of benzene rings is 2. The molecule has 1 atom stereocenters. The lowest BCUT2D eigenvalue weighted by molar-refractivity contribution is -0.139. The molecule has 1 aromatic heterocycles. The van der Waals surface area contributed by atoms with Crippen molar-refractivity contribution < 1.29 is 9.53 Å². The van der Waals surface area contributed by atoms with Gasteiger partial charge in [0.05, 0.1) is 28.5 Å². The zero-order chi connectivity index (χ0) is 23.8. The quantitative estimate of drug-likeness (QED) is 0.551. The van der Waals surface area contributed by atoms with E-state index < -0.39 is 12.0 Å². The number of carbonyl (C=O) groups is 1. The number of thiazole rings is 1. The highest BCUT2D eigenvalue weighted by molar-refractivity contribution is 7.07. The maximum atomic E-state index is 13.6. The number of allylic oxidation sites excluding steroid dienone is 1. The smallest absolute Gasteiger partial charge is 0.338 e. The molecule has 1 aliphatic rings. The lowest BCUT2D eigenvalue weighted by atomic mass is 9.87. The van der Waals surface area contributed by atoms with Crippen LogP contribution in [0.3, 0.4) is 0 Å². The minimum absolute atomic E-state index is 0.0641. The number of carbonyl (C=O) groups excluding carboxylic acids is 1. The number of hydrogen-bond acceptors (Lipinski definition) is 5. The maximum Gasteiger partial charge on any atom is 0.338 e. The van der Waals surface area contributed by atoms with E-state index in [9.17, 15) is 9.59 Å². The Morgan fingerprint density at radius 3 is 2.39 bits per heavy atom. The van der Waals surface area contributed by atoms with Gasteiger partial charge in [-0.2, -0.15) is 0 Å². The summed E-state index contributed by atoms with van der Waals surface area (Å²) in [5, 5.41) is 0. The molecule has 3 aromatic rings. The zero-order valence-corrected chi connectivity index (χ0v) is 20.4. The molecule has 0 fully saturated rings. The van der Waals surface area contributed by atoms with Gasteiger partial charge in [0, 0.05) is 0 Å². The molecule has 1 aliphatic heterocycles. The zero-order valence-electron chi connectivity index (χ0n) is 19.6. The van der Waals surface area contributed by atoms with Crippen LogP contribution in [0, 0.1) is 0 Å². The molecule has 0 bridgehead atoms. The summed E-state index contributed by atoms with van der Waals surface area (Å²) in [6, 6.07) is 17.2. The molecule has 6 heteroatoms. The third-order valence-corrected chi connectivity index (χ3v) is 6.69. The fraction of sp³-hybridized carbons (Fsp3) is 0.296. The molecule has 0 amide bonds. The van der Waals surface area contributed by atoms with Gasteiger partial charge >= 0.3 is 5.97 Å². The van der Waals surface area contributed by atoms with Gasteiger partial charge in [-0.15, -0.1) is 0 Å². The molecule has 0 saturated carbocycles. The summed E-state index contributed by atoms with van der Waals surface area (Å²) >= 11 is 1.34. The third kappa shape index (κ3) is 4.48. The molecular formula is C27H28N2O3S. The van der Waals surface area contributed by atoms with Crippen molar-refractivity contribution in [3.63, 3.8) is 0 Å². The van der Waals surface area contributed by atoms with Gasteiger partial charge < -0.3 is 4.74 Å². The lowest BCUT2D eigenvalue weighted by Gasteiger charge is -2.24. The topological polar surface area (TPSA) is 60.7 Å². The first-order valence-corrected chi connectivity index (χ1v) is 11.9. The molecule has 170 valence electrons. The van der Waals surface area contributed by atoms with E-state index in [1.807, 2.05) is 48.5 Å². The molecule has 33 heavy (non-hydrogen) atoms. The van der Waals surface area contributed by atoms with E-state index in [1.165, 1.54) is 16.9 Å². The molecular weight excluding hydrogens is 432 g/mol. The fourth-order valence-corrected chi connectivity index (χ4v) is 5.02. The first kappa shape index (κ1) is 22.9. The number of hydrogen-bond donors (Lipinski definition) is 0. The number of aromatic nitrogens is 1. The third-order valence-electron chi connectivity index (χ3n) is 5.71. The van der Waals surface area contributed by atoms with Crippen LogP contribution in [0.5, 0.6) is 0 Å². The van der Waals surface area contributed by atoms with Gasteiger partial charge in [-0.05, 0) is 42.0 Å². The SMILES string of the molecule is CCOC(=O)C1=C(C)N=c2s/c(=C\c3ccc(C(C)(C)C)cc3)c(=O)n2[C@@H]1c1ccccc1. The number of fused-ring (bicyclic) bond motifs is 1. The first-order chi connectivity index (χ1) is 15.7. The van der Waals surface area contributed by atoms with Crippen molar-refractivity contribution >= 4 is 23.4 Å². The summed E-state index contributed by atoms with van der Waals surface area (Å²) in [4.78, 5) is 31.6. The summed E-state index contributed by atoms with van der Waals surface area (Å²) < 4.78 is 7.52. The van der Waals surface area contributed by atoms with Crippen molar-refractivity contribution in [1.29, 1.82) is 0 Å². The summed E-state index contributed by atoms with van der Waals surface area (Å²) in [6.45, 7) is 10.3. The standard InChI is InChI=1S/C27H28N2O3S/c1-6-32-25(31)22-17(2)28-26-29(23(22)19-10-8-7-9-11-19)24(30)21(33-26)16-18-12-14-20(15-13-18)27(3,4)5/h7-16,23H,6H2,1-5H3/b21-16-/t23-/m1/s1. The van der Waals surface area contributed by atoms with Crippen molar-refractivity contribution in [2.45, 2.75) is 46.1 Å². The van der Waals surface area contributed by atoms with Gasteiger partial charge in [0.25, 0.3) is 5.56 Å². The van der Waals surface area contributed by atoms with Crippen molar-refractivity contribution in [2.24, 2.45) is 4.99 Å². The van der Waals surface area contributed by atoms with E-state index in [1.54, 1.807) is 18.4 Å². The van der Waals surface area contributed by atoms with Crippen LogP contribution < -0.4 is 14.9 Å². The fourth-order valence-electron chi connectivity index (χ4n) is 3.97. The Labute approximate surface area is 197 Å².